The number of amides is 1. The Labute approximate surface area is 178 Å². The molecular weight excluding hydrogens is 431 g/mol. The van der Waals surface area contributed by atoms with Gasteiger partial charge < -0.3 is 10.1 Å². The second-order valence-electron chi connectivity index (χ2n) is 6.18. The van der Waals surface area contributed by atoms with Crippen LogP contribution in [0.1, 0.15) is 10.4 Å². The highest BCUT2D eigenvalue weighted by molar-refractivity contribution is 7.92. The van der Waals surface area contributed by atoms with Crippen LogP contribution in [0.25, 0.3) is 0 Å². The van der Waals surface area contributed by atoms with Crippen molar-refractivity contribution < 1.29 is 22.3 Å². The zero-order valence-corrected chi connectivity index (χ0v) is 17.2. The third kappa shape index (κ3) is 5.71. The first-order valence-corrected chi connectivity index (χ1v) is 10.8. The molecule has 0 radical (unpaired) electrons. The molecular formula is C21H18ClFN2O4S. The predicted octanol–water partition coefficient (Wildman–Crippen LogP) is 4.09. The van der Waals surface area contributed by atoms with E-state index in [1.807, 2.05) is 0 Å². The second-order valence-corrected chi connectivity index (χ2v) is 8.26. The van der Waals surface area contributed by atoms with Crippen LogP contribution in [0.5, 0.6) is 5.75 Å². The van der Waals surface area contributed by atoms with Crippen molar-refractivity contribution in [3.8, 4) is 5.75 Å². The monoisotopic (exact) mass is 448 g/mol. The van der Waals surface area contributed by atoms with Crippen LogP contribution in [0.3, 0.4) is 0 Å². The molecule has 30 heavy (non-hydrogen) atoms. The Morgan fingerprint density at radius 3 is 2.47 bits per heavy atom. The molecule has 1 amide bonds. The lowest BCUT2D eigenvalue weighted by molar-refractivity contribution is 0.0947. The summed E-state index contributed by atoms with van der Waals surface area (Å²) in [6, 6.07) is 17.5. The number of anilines is 1. The Bertz CT molecular complexity index is 1140. The molecule has 0 aliphatic carbocycles. The van der Waals surface area contributed by atoms with Gasteiger partial charge in [-0.1, -0.05) is 29.8 Å². The standard InChI is InChI=1S/C21H18ClFN2O4S/c22-19-6-1-2-7-20(19)29-13-12-24-21(26)15-4-3-5-18(14-15)30(27,28)25-17-10-8-16(23)9-11-17/h1-11,14,25H,12-13H2,(H,24,26). The van der Waals surface area contributed by atoms with Crippen molar-refractivity contribution in [2.75, 3.05) is 17.9 Å². The van der Waals surface area contributed by atoms with E-state index >= 15 is 0 Å². The first kappa shape index (κ1) is 21.6. The van der Waals surface area contributed by atoms with Crippen LogP contribution in [-0.2, 0) is 10.0 Å². The Morgan fingerprint density at radius 1 is 1.00 bits per heavy atom. The molecule has 156 valence electrons. The Kier molecular flexibility index (Phi) is 6.91. The van der Waals surface area contributed by atoms with Gasteiger partial charge in [0.15, 0.2) is 0 Å². The van der Waals surface area contributed by atoms with E-state index in [0.717, 1.165) is 12.1 Å². The second kappa shape index (κ2) is 9.60. The highest BCUT2D eigenvalue weighted by atomic mass is 35.5. The minimum absolute atomic E-state index is 0.0909. The predicted molar refractivity (Wildman–Crippen MR) is 113 cm³/mol. The van der Waals surface area contributed by atoms with Crippen LogP contribution >= 0.6 is 11.6 Å². The fraction of sp³-hybridized carbons (Fsp3) is 0.0952. The van der Waals surface area contributed by atoms with E-state index < -0.39 is 21.7 Å². The van der Waals surface area contributed by atoms with Crippen molar-refractivity contribution in [2.45, 2.75) is 4.90 Å². The van der Waals surface area contributed by atoms with E-state index in [-0.39, 0.29) is 29.3 Å². The Morgan fingerprint density at radius 2 is 1.73 bits per heavy atom. The first-order valence-electron chi connectivity index (χ1n) is 8.89. The summed E-state index contributed by atoms with van der Waals surface area (Å²) in [7, 11) is -3.94. The number of benzene rings is 3. The van der Waals surface area contributed by atoms with Gasteiger partial charge in [0.1, 0.15) is 18.2 Å². The van der Waals surface area contributed by atoms with Crippen molar-refractivity contribution in [3.05, 3.63) is 89.2 Å². The molecule has 0 saturated carbocycles. The molecule has 0 bridgehead atoms. The van der Waals surface area contributed by atoms with Gasteiger partial charge in [-0.25, -0.2) is 12.8 Å². The van der Waals surface area contributed by atoms with Gasteiger partial charge in [0.2, 0.25) is 0 Å². The molecule has 3 rings (SSSR count). The lowest BCUT2D eigenvalue weighted by Crippen LogP contribution is -2.28. The average Bonchev–Trinajstić information content (AvgIpc) is 2.74. The van der Waals surface area contributed by atoms with Crippen LogP contribution < -0.4 is 14.8 Å². The van der Waals surface area contributed by atoms with Gasteiger partial charge in [-0.05, 0) is 54.6 Å². The topological polar surface area (TPSA) is 84.5 Å². The number of carbonyl (C=O) groups is 1. The van der Waals surface area contributed by atoms with Gasteiger partial charge in [0, 0.05) is 11.3 Å². The van der Waals surface area contributed by atoms with Crippen LogP contribution in [0.2, 0.25) is 5.02 Å². The fourth-order valence-corrected chi connectivity index (χ4v) is 3.82. The van der Waals surface area contributed by atoms with Gasteiger partial charge in [-0.2, -0.15) is 0 Å². The summed E-state index contributed by atoms with van der Waals surface area (Å²) in [4.78, 5) is 12.3. The lowest BCUT2D eigenvalue weighted by Gasteiger charge is -2.11. The summed E-state index contributed by atoms with van der Waals surface area (Å²) < 4.78 is 45.9. The van der Waals surface area contributed by atoms with Crippen molar-refractivity contribution in [3.63, 3.8) is 0 Å². The maximum Gasteiger partial charge on any atom is 0.261 e. The van der Waals surface area contributed by atoms with Crippen molar-refractivity contribution in [1.29, 1.82) is 0 Å². The zero-order valence-electron chi connectivity index (χ0n) is 15.6. The number of hydrogen-bond donors (Lipinski definition) is 2. The quantitative estimate of drug-likeness (QED) is 0.508. The Hall–Kier alpha value is -3.10. The molecule has 2 N–H and O–H groups in total. The van der Waals surface area contributed by atoms with Gasteiger partial charge in [-0.3, -0.25) is 9.52 Å². The largest absolute Gasteiger partial charge is 0.490 e. The molecule has 0 heterocycles. The summed E-state index contributed by atoms with van der Waals surface area (Å²) >= 11 is 5.99. The highest BCUT2D eigenvalue weighted by Crippen LogP contribution is 2.22. The van der Waals surface area contributed by atoms with Gasteiger partial charge in [-0.15, -0.1) is 0 Å². The summed E-state index contributed by atoms with van der Waals surface area (Å²) in [5, 5.41) is 3.13. The minimum atomic E-state index is -3.94. The van der Waals surface area contributed by atoms with Crippen LogP contribution in [0.4, 0.5) is 10.1 Å². The smallest absolute Gasteiger partial charge is 0.261 e. The maximum atomic E-state index is 13.0. The lowest BCUT2D eigenvalue weighted by atomic mass is 10.2. The third-order valence-corrected chi connectivity index (χ3v) is 5.68. The van der Waals surface area contributed by atoms with E-state index in [0.29, 0.717) is 10.8 Å². The first-order chi connectivity index (χ1) is 14.3. The van der Waals surface area contributed by atoms with Crippen LogP contribution in [-0.4, -0.2) is 27.5 Å². The molecule has 0 atom stereocenters. The molecule has 3 aromatic carbocycles. The number of sulfonamides is 1. The number of hydrogen-bond acceptors (Lipinski definition) is 4. The molecule has 0 unspecified atom stereocenters. The van der Waals surface area contributed by atoms with Gasteiger partial charge in [0.25, 0.3) is 15.9 Å². The molecule has 0 fully saturated rings. The van der Waals surface area contributed by atoms with E-state index in [4.69, 9.17) is 16.3 Å². The molecule has 0 saturated heterocycles. The summed E-state index contributed by atoms with van der Waals surface area (Å²) in [5.74, 6) is -0.417. The van der Waals surface area contributed by atoms with Gasteiger partial charge in [0.05, 0.1) is 16.5 Å². The van der Waals surface area contributed by atoms with Gasteiger partial charge >= 0.3 is 0 Å². The molecule has 0 spiro atoms. The number of halogens is 2. The number of carbonyl (C=O) groups excluding carboxylic acids is 1. The summed E-state index contributed by atoms with van der Waals surface area (Å²) in [6.45, 7) is 0.397. The van der Waals surface area contributed by atoms with Crippen molar-refractivity contribution >= 4 is 33.2 Å². The zero-order chi connectivity index (χ0) is 21.6. The van der Waals surface area contributed by atoms with E-state index in [9.17, 15) is 17.6 Å². The molecule has 0 aliphatic rings. The average molecular weight is 449 g/mol. The molecule has 0 aliphatic heterocycles. The summed E-state index contributed by atoms with van der Waals surface area (Å²) in [6.07, 6.45) is 0. The molecule has 0 aromatic heterocycles. The number of rotatable bonds is 8. The third-order valence-electron chi connectivity index (χ3n) is 3.98. The Balaban J connectivity index is 1.60. The van der Waals surface area contributed by atoms with E-state index in [1.165, 1.54) is 36.4 Å². The van der Waals surface area contributed by atoms with Crippen LogP contribution in [0.15, 0.2) is 77.7 Å². The number of para-hydroxylation sites is 1. The SMILES string of the molecule is O=C(NCCOc1ccccc1Cl)c1cccc(S(=O)(=O)Nc2ccc(F)cc2)c1. The normalized spacial score (nSPS) is 11.0. The highest BCUT2D eigenvalue weighted by Gasteiger charge is 2.16. The number of ether oxygens (including phenoxy) is 1. The van der Waals surface area contributed by atoms with E-state index in [2.05, 4.69) is 10.0 Å². The maximum absolute atomic E-state index is 13.0. The van der Waals surface area contributed by atoms with Crippen molar-refractivity contribution in [1.82, 2.24) is 5.32 Å². The fourth-order valence-electron chi connectivity index (χ4n) is 2.53. The van der Waals surface area contributed by atoms with Crippen LogP contribution in [0, 0.1) is 5.82 Å². The molecule has 6 nitrogen and oxygen atoms in total. The minimum Gasteiger partial charge on any atom is -0.490 e. The van der Waals surface area contributed by atoms with E-state index in [1.54, 1.807) is 24.3 Å². The number of nitrogens with one attached hydrogen (secondary N) is 2. The van der Waals surface area contributed by atoms with Crippen molar-refractivity contribution in [2.24, 2.45) is 0 Å². The molecule has 3 aromatic rings. The molecule has 9 heteroatoms. The summed E-state index contributed by atoms with van der Waals surface area (Å²) in [5.41, 5.74) is 0.387.